The number of carbonyl (C=O) groups is 1. The standard InChI is InChI=1S/C15H16N4OS/c1-10-17-18-13(21-10)8-19-12-5-3-2-4-11(12)15(14(19)20)6-7-16-9-15/h2-5,16H,6-9H2,1H3. The first-order chi connectivity index (χ1) is 10.2. The Balaban J connectivity index is 1.76. The monoisotopic (exact) mass is 300 g/mol. The third-order valence-corrected chi connectivity index (χ3v) is 5.20. The first-order valence-corrected chi connectivity index (χ1v) is 7.93. The van der Waals surface area contributed by atoms with Gasteiger partial charge in [0.05, 0.1) is 12.0 Å². The number of nitrogens with zero attached hydrogens (tertiary/aromatic N) is 3. The summed E-state index contributed by atoms with van der Waals surface area (Å²) in [6, 6.07) is 8.14. The lowest BCUT2D eigenvalue weighted by Gasteiger charge is -2.22. The first-order valence-electron chi connectivity index (χ1n) is 7.12. The van der Waals surface area contributed by atoms with E-state index < -0.39 is 0 Å². The van der Waals surface area contributed by atoms with Crippen LogP contribution < -0.4 is 10.2 Å². The smallest absolute Gasteiger partial charge is 0.239 e. The number of anilines is 1. The number of amides is 1. The Morgan fingerprint density at radius 1 is 1.38 bits per heavy atom. The SMILES string of the molecule is Cc1nnc(CN2C(=O)C3(CCNC3)c3ccccc32)s1. The highest BCUT2D eigenvalue weighted by Gasteiger charge is 2.52. The number of carbonyl (C=O) groups excluding carboxylic acids is 1. The van der Waals surface area contributed by atoms with Gasteiger partial charge < -0.3 is 10.2 Å². The van der Waals surface area contributed by atoms with Crippen LogP contribution in [0.3, 0.4) is 0 Å². The van der Waals surface area contributed by atoms with Crippen LogP contribution in [0, 0.1) is 6.92 Å². The number of benzene rings is 1. The van der Waals surface area contributed by atoms with E-state index in [0.717, 1.165) is 40.8 Å². The highest BCUT2D eigenvalue weighted by Crippen LogP contribution is 2.45. The average Bonchev–Trinajstić information content (AvgIpc) is 3.18. The molecule has 1 unspecified atom stereocenters. The quantitative estimate of drug-likeness (QED) is 0.916. The van der Waals surface area contributed by atoms with Crippen LogP contribution in [0.25, 0.3) is 0 Å². The summed E-state index contributed by atoms with van der Waals surface area (Å²) >= 11 is 1.55. The van der Waals surface area contributed by atoms with E-state index in [2.05, 4.69) is 21.6 Å². The molecule has 1 spiro atoms. The summed E-state index contributed by atoms with van der Waals surface area (Å²) in [5, 5.41) is 13.4. The van der Waals surface area contributed by atoms with Gasteiger partial charge in [-0.05, 0) is 31.5 Å². The van der Waals surface area contributed by atoms with Crippen molar-refractivity contribution in [2.24, 2.45) is 0 Å². The molecule has 108 valence electrons. The molecule has 0 saturated carbocycles. The minimum Gasteiger partial charge on any atom is -0.315 e. The molecule has 1 saturated heterocycles. The molecule has 0 bridgehead atoms. The second-order valence-corrected chi connectivity index (χ2v) is 6.90. The number of rotatable bonds is 2. The van der Waals surface area contributed by atoms with E-state index in [1.807, 2.05) is 30.0 Å². The van der Waals surface area contributed by atoms with E-state index in [9.17, 15) is 4.79 Å². The number of aromatic nitrogens is 2. The molecule has 21 heavy (non-hydrogen) atoms. The molecule has 4 rings (SSSR count). The highest BCUT2D eigenvalue weighted by molar-refractivity contribution is 7.11. The lowest BCUT2D eigenvalue weighted by molar-refractivity contribution is -0.122. The molecule has 2 aliphatic heterocycles. The van der Waals surface area contributed by atoms with Crippen molar-refractivity contribution in [2.45, 2.75) is 25.3 Å². The molecule has 2 aromatic rings. The fourth-order valence-corrected chi connectivity index (χ4v) is 4.09. The molecule has 1 aromatic heterocycles. The lowest BCUT2D eigenvalue weighted by atomic mass is 9.81. The van der Waals surface area contributed by atoms with E-state index >= 15 is 0 Å². The topological polar surface area (TPSA) is 58.1 Å². The Kier molecular flexibility index (Phi) is 2.83. The predicted octanol–water partition coefficient (Wildman–Crippen LogP) is 1.62. The molecule has 1 amide bonds. The molecule has 5 nitrogen and oxygen atoms in total. The zero-order valence-electron chi connectivity index (χ0n) is 11.8. The minimum absolute atomic E-state index is 0.196. The van der Waals surface area contributed by atoms with E-state index in [0.29, 0.717) is 6.54 Å². The van der Waals surface area contributed by atoms with Gasteiger partial charge in [-0.1, -0.05) is 29.5 Å². The lowest BCUT2D eigenvalue weighted by Crippen LogP contribution is -2.41. The van der Waals surface area contributed by atoms with Crippen molar-refractivity contribution in [2.75, 3.05) is 18.0 Å². The van der Waals surface area contributed by atoms with E-state index in [1.165, 1.54) is 0 Å². The minimum atomic E-state index is -0.379. The normalized spacial score (nSPS) is 24.0. The first kappa shape index (κ1) is 12.9. The largest absolute Gasteiger partial charge is 0.315 e. The summed E-state index contributed by atoms with van der Waals surface area (Å²) in [5.41, 5.74) is 1.80. The summed E-state index contributed by atoms with van der Waals surface area (Å²) in [4.78, 5) is 14.9. The number of para-hydroxylation sites is 1. The van der Waals surface area contributed by atoms with Crippen LogP contribution in [0.15, 0.2) is 24.3 Å². The molecule has 3 heterocycles. The maximum atomic E-state index is 13.0. The summed E-state index contributed by atoms with van der Waals surface area (Å²) in [6.07, 6.45) is 0.870. The Hall–Kier alpha value is -1.79. The van der Waals surface area contributed by atoms with Gasteiger partial charge in [-0.2, -0.15) is 0 Å². The van der Waals surface area contributed by atoms with Gasteiger partial charge in [-0.3, -0.25) is 4.79 Å². The Morgan fingerprint density at radius 3 is 2.95 bits per heavy atom. The fraction of sp³-hybridized carbons (Fsp3) is 0.400. The van der Waals surface area contributed by atoms with Crippen molar-refractivity contribution < 1.29 is 4.79 Å². The van der Waals surface area contributed by atoms with Gasteiger partial charge in [0.15, 0.2) is 0 Å². The van der Waals surface area contributed by atoms with Crippen molar-refractivity contribution in [1.82, 2.24) is 15.5 Å². The highest BCUT2D eigenvalue weighted by atomic mass is 32.1. The fourth-order valence-electron chi connectivity index (χ4n) is 3.39. The zero-order chi connectivity index (χ0) is 14.4. The van der Waals surface area contributed by atoms with Gasteiger partial charge in [0.2, 0.25) is 5.91 Å². The molecular weight excluding hydrogens is 284 g/mol. The van der Waals surface area contributed by atoms with Crippen LogP contribution >= 0.6 is 11.3 Å². The van der Waals surface area contributed by atoms with Gasteiger partial charge in [-0.25, -0.2) is 0 Å². The average molecular weight is 300 g/mol. The van der Waals surface area contributed by atoms with Crippen molar-refractivity contribution in [3.8, 4) is 0 Å². The Labute approximate surface area is 127 Å². The number of fused-ring (bicyclic) bond motifs is 2. The van der Waals surface area contributed by atoms with Crippen LogP contribution in [-0.2, 0) is 16.8 Å². The maximum absolute atomic E-state index is 13.0. The molecule has 0 aliphatic carbocycles. The summed E-state index contributed by atoms with van der Waals surface area (Å²) in [6.45, 7) is 4.08. The molecular formula is C15H16N4OS. The number of hydrogen-bond acceptors (Lipinski definition) is 5. The number of aryl methyl sites for hydroxylation is 1. The van der Waals surface area contributed by atoms with Crippen LogP contribution in [0.2, 0.25) is 0 Å². The summed E-state index contributed by atoms with van der Waals surface area (Å²) in [5.74, 6) is 0.196. The molecule has 0 radical (unpaired) electrons. The Morgan fingerprint density at radius 2 is 2.24 bits per heavy atom. The van der Waals surface area contributed by atoms with E-state index in [1.54, 1.807) is 11.3 Å². The van der Waals surface area contributed by atoms with Gasteiger partial charge >= 0.3 is 0 Å². The summed E-state index contributed by atoms with van der Waals surface area (Å²) < 4.78 is 0. The van der Waals surface area contributed by atoms with Gasteiger partial charge in [0.1, 0.15) is 10.0 Å². The molecule has 1 atom stereocenters. The second-order valence-electron chi connectivity index (χ2n) is 5.63. The van der Waals surface area contributed by atoms with Gasteiger partial charge in [0.25, 0.3) is 0 Å². The number of nitrogens with one attached hydrogen (secondary N) is 1. The third-order valence-electron chi connectivity index (χ3n) is 4.38. The van der Waals surface area contributed by atoms with Crippen LogP contribution in [0.5, 0.6) is 0 Å². The molecule has 6 heteroatoms. The zero-order valence-corrected chi connectivity index (χ0v) is 12.6. The van der Waals surface area contributed by atoms with E-state index in [-0.39, 0.29) is 11.3 Å². The summed E-state index contributed by atoms with van der Waals surface area (Å²) in [7, 11) is 0. The van der Waals surface area contributed by atoms with Crippen LogP contribution in [0.1, 0.15) is 22.0 Å². The van der Waals surface area contributed by atoms with Gasteiger partial charge in [-0.15, -0.1) is 10.2 Å². The second kappa shape index (κ2) is 4.61. The van der Waals surface area contributed by atoms with Crippen molar-refractivity contribution >= 4 is 22.9 Å². The number of hydrogen-bond donors (Lipinski definition) is 1. The van der Waals surface area contributed by atoms with Crippen molar-refractivity contribution in [3.05, 3.63) is 39.8 Å². The molecule has 2 aliphatic rings. The third kappa shape index (κ3) is 1.82. The van der Waals surface area contributed by atoms with Crippen LogP contribution in [-0.4, -0.2) is 29.2 Å². The van der Waals surface area contributed by atoms with Crippen molar-refractivity contribution in [3.63, 3.8) is 0 Å². The molecule has 1 N–H and O–H groups in total. The van der Waals surface area contributed by atoms with Crippen molar-refractivity contribution in [1.29, 1.82) is 0 Å². The maximum Gasteiger partial charge on any atom is 0.239 e. The Bertz CT molecular complexity index is 705. The van der Waals surface area contributed by atoms with E-state index in [4.69, 9.17) is 0 Å². The molecule has 1 fully saturated rings. The van der Waals surface area contributed by atoms with Crippen LogP contribution in [0.4, 0.5) is 5.69 Å². The molecule has 1 aromatic carbocycles. The predicted molar refractivity (Wildman–Crippen MR) is 81.4 cm³/mol. The van der Waals surface area contributed by atoms with Gasteiger partial charge in [0, 0.05) is 12.2 Å².